The van der Waals surface area contributed by atoms with Gasteiger partial charge in [-0.1, -0.05) is 19.1 Å². The van der Waals surface area contributed by atoms with E-state index in [0.29, 0.717) is 6.42 Å². The van der Waals surface area contributed by atoms with Crippen LogP contribution in [0.15, 0.2) is 12.2 Å². The number of rotatable bonds is 3. The van der Waals surface area contributed by atoms with Gasteiger partial charge in [-0.3, -0.25) is 0 Å². The Morgan fingerprint density at radius 1 is 1.38 bits per heavy atom. The molecule has 0 amide bonds. The van der Waals surface area contributed by atoms with Crippen molar-refractivity contribution in [1.29, 1.82) is 0 Å². The topological polar surface area (TPSA) is 17.1 Å². The van der Waals surface area contributed by atoms with Gasteiger partial charge in [0.05, 0.1) is 0 Å². The normalized spacial score (nSPS) is 8.62. The maximum absolute atomic E-state index is 9.63. The molecule has 0 aromatic rings. The van der Waals surface area contributed by atoms with Crippen LogP contribution in [0, 0.1) is 0 Å². The van der Waals surface area contributed by atoms with Crippen LogP contribution >= 0.6 is 0 Å². The Morgan fingerprint density at radius 2 is 2.00 bits per heavy atom. The van der Waals surface area contributed by atoms with Crippen molar-refractivity contribution in [2.75, 3.05) is 0 Å². The molecule has 0 saturated carbocycles. The van der Waals surface area contributed by atoms with E-state index in [0.717, 1.165) is 12.7 Å². The molecule has 0 aromatic heterocycles. The van der Waals surface area contributed by atoms with Crippen molar-refractivity contribution >= 4 is 35.8 Å². The maximum atomic E-state index is 9.63. The Hall–Kier alpha value is 0.410. The van der Waals surface area contributed by atoms with E-state index in [2.05, 4.69) is 0 Å². The summed E-state index contributed by atoms with van der Waals surface area (Å²) in [6, 6.07) is 0. The van der Waals surface area contributed by atoms with Gasteiger partial charge in [-0.15, -0.1) is 0 Å². The molecular formula is C6H11NaO. The van der Waals surface area contributed by atoms with Crippen LogP contribution in [0.2, 0.25) is 0 Å². The molecule has 0 aliphatic heterocycles. The molecule has 0 heterocycles. The van der Waals surface area contributed by atoms with Gasteiger partial charge in [0.25, 0.3) is 0 Å². The zero-order chi connectivity index (χ0) is 5.54. The fourth-order valence-corrected chi connectivity index (χ4v) is 0.318. The zero-order valence-corrected chi connectivity index (χ0v) is 4.55. The fourth-order valence-electron chi connectivity index (χ4n) is 0.318. The van der Waals surface area contributed by atoms with Gasteiger partial charge in [-0.05, 0) is 6.42 Å². The molecule has 0 spiro atoms. The molecule has 0 aliphatic carbocycles. The van der Waals surface area contributed by atoms with Crippen molar-refractivity contribution in [3.63, 3.8) is 0 Å². The Labute approximate surface area is 72.4 Å². The Balaban J connectivity index is 0. The summed E-state index contributed by atoms with van der Waals surface area (Å²) in [6.07, 6.45) is 6.33. The number of aldehydes is 1. The molecule has 0 fully saturated rings. The first kappa shape index (κ1) is 11.2. The standard InChI is InChI=1S/C6H10O.Na.H/c1-2-3-4-5-6-7;;/h3-4,6H,2,5H2,1H3;;. The van der Waals surface area contributed by atoms with E-state index in [1.807, 2.05) is 19.1 Å². The van der Waals surface area contributed by atoms with E-state index >= 15 is 0 Å². The van der Waals surface area contributed by atoms with E-state index in [1.165, 1.54) is 0 Å². The molecular weight excluding hydrogens is 111 g/mol. The van der Waals surface area contributed by atoms with Crippen molar-refractivity contribution in [2.24, 2.45) is 0 Å². The van der Waals surface area contributed by atoms with Gasteiger partial charge in [0.15, 0.2) is 0 Å². The van der Waals surface area contributed by atoms with Crippen LogP contribution in [0.5, 0.6) is 0 Å². The first-order chi connectivity index (χ1) is 3.41. The SMILES string of the molecule is CCC=CCC=O.[NaH]. The van der Waals surface area contributed by atoms with Crippen molar-refractivity contribution < 1.29 is 4.79 Å². The molecule has 0 saturated heterocycles. The molecule has 0 unspecified atom stereocenters. The quantitative estimate of drug-likeness (QED) is 0.308. The zero-order valence-electron chi connectivity index (χ0n) is 4.55. The van der Waals surface area contributed by atoms with Gasteiger partial charge in [0, 0.05) is 6.42 Å². The first-order valence-corrected chi connectivity index (χ1v) is 2.50. The summed E-state index contributed by atoms with van der Waals surface area (Å²) in [5, 5.41) is 0. The summed E-state index contributed by atoms with van der Waals surface area (Å²) < 4.78 is 0. The first-order valence-electron chi connectivity index (χ1n) is 2.50. The third-order valence-electron chi connectivity index (χ3n) is 0.635. The second-order valence-corrected chi connectivity index (χ2v) is 1.28. The van der Waals surface area contributed by atoms with Gasteiger partial charge >= 0.3 is 29.6 Å². The van der Waals surface area contributed by atoms with Crippen LogP contribution in [0.4, 0.5) is 0 Å². The van der Waals surface area contributed by atoms with Gasteiger partial charge < -0.3 is 4.79 Å². The average molecular weight is 122 g/mol. The molecule has 42 valence electrons. The summed E-state index contributed by atoms with van der Waals surface area (Å²) in [7, 11) is 0. The summed E-state index contributed by atoms with van der Waals surface area (Å²) >= 11 is 0. The van der Waals surface area contributed by atoms with Crippen LogP contribution in [0.1, 0.15) is 19.8 Å². The number of carbonyl (C=O) groups excluding carboxylic acids is 1. The Kier molecular flexibility index (Phi) is 14.6. The van der Waals surface area contributed by atoms with Crippen molar-refractivity contribution in [2.45, 2.75) is 19.8 Å². The molecule has 8 heavy (non-hydrogen) atoms. The van der Waals surface area contributed by atoms with Crippen LogP contribution in [-0.4, -0.2) is 35.8 Å². The summed E-state index contributed by atoms with van der Waals surface area (Å²) in [4.78, 5) is 9.63. The molecule has 0 bridgehead atoms. The van der Waals surface area contributed by atoms with Gasteiger partial charge in [-0.25, -0.2) is 0 Å². The van der Waals surface area contributed by atoms with Crippen LogP contribution in [0.3, 0.4) is 0 Å². The summed E-state index contributed by atoms with van der Waals surface area (Å²) in [5.41, 5.74) is 0. The molecule has 0 aliphatic rings. The predicted octanol–water partition coefficient (Wildman–Crippen LogP) is 0.893. The van der Waals surface area contributed by atoms with E-state index in [-0.39, 0.29) is 29.6 Å². The van der Waals surface area contributed by atoms with Gasteiger partial charge in [-0.2, -0.15) is 0 Å². The predicted molar refractivity (Wildman–Crippen MR) is 37.3 cm³/mol. The number of hydrogen-bond acceptors (Lipinski definition) is 1. The van der Waals surface area contributed by atoms with Crippen molar-refractivity contribution in [1.82, 2.24) is 0 Å². The number of hydrogen-bond donors (Lipinski definition) is 0. The van der Waals surface area contributed by atoms with Crippen LogP contribution in [-0.2, 0) is 4.79 Å². The molecule has 0 rings (SSSR count). The summed E-state index contributed by atoms with van der Waals surface area (Å²) in [6.45, 7) is 2.04. The number of carbonyl (C=O) groups is 1. The molecule has 0 N–H and O–H groups in total. The second kappa shape index (κ2) is 10.4. The molecule has 0 aromatic carbocycles. The van der Waals surface area contributed by atoms with E-state index in [9.17, 15) is 4.79 Å². The minimum atomic E-state index is 0. The van der Waals surface area contributed by atoms with Crippen LogP contribution < -0.4 is 0 Å². The average Bonchev–Trinajstić information content (AvgIpc) is 1.69. The minimum absolute atomic E-state index is 0. The van der Waals surface area contributed by atoms with E-state index < -0.39 is 0 Å². The van der Waals surface area contributed by atoms with E-state index in [1.54, 1.807) is 0 Å². The fraction of sp³-hybridized carbons (Fsp3) is 0.500. The molecule has 1 nitrogen and oxygen atoms in total. The van der Waals surface area contributed by atoms with E-state index in [4.69, 9.17) is 0 Å². The molecule has 0 radical (unpaired) electrons. The summed E-state index contributed by atoms with van der Waals surface area (Å²) in [5.74, 6) is 0. The second-order valence-electron chi connectivity index (χ2n) is 1.28. The monoisotopic (exact) mass is 122 g/mol. The Morgan fingerprint density at radius 3 is 2.38 bits per heavy atom. The Bertz CT molecular complexity index is 68.9. The number of allylic oxidation sites excluding steroid dienone is 2. The molecule has 2 heteroatoms. The molecule has 0 atom stereocenters. The van der Waals surface area contributed by atoms with Gasteiger partial charge in [0.2, 0.25) is 0 Å². The van der Waals surface area contributed by atoms with Crippen LogP contribution in [0.25, 0.3) is 0 Å². The third-order valence-corrected chi connectivity index (χ3v) is 0.635. The van der Waals surface area contributed by atoms with Crippen molar-refractivity contribution in [3.05, 3.63) is 12.2 Å². The third kappa shape index (κ3) is 9.65. The van der Waals surface area contributed by atoms with Crippen molar-refractivity contribution in [3.8, 4) is 0 Å². The van der Waals surface area contributed by atoms with Gasteiger partial charge in [0.1, 0.15) is 6.29 Å².